The van der Waals surface area contributed by atoms with Gasteiger partial charge in [-0.25, -0.2) is 4.79 Å². The molecule has 6 heteroatoms. The molecule has 1 heterocycles. The number of nitrogens with zero attached hydrogens (tertiary/aromatic N) is 1. The van der Waals surface area contributed by atoms with E-state index in [1.165, 1.54) is 12.0 Å². The maximum absolute atomic E-state index is 11.5. The van der Waals surface area contributed by atoms with Gasteiger partial charge in [-0.3, -0.25) is 9.59 Å². The first-order chi connectivity index (χ1) is 8.10. The molecule has 1 aliphatic carbocycles. The van der Waals surface area contributed by atoms with E-state index >= 15 is 0 Å². The van der Waals surface area contributed by atoms with Gasteiger partial charge in [0.1, 0.15) is 0 Å². The van der Waals surface area contributed by atoms with E-state index in [0.717, 1.165) is 0 Å². The third-order valence-corrected chi connectivity index (χ3v) is 3.00. The Morgan fingerprint density at radius 1 is 1.47 bits per heavy atom. The Hall–Kier alpha value is -1.85. The van der Waals surface area contributed by atoms with Crippen LogP contribution in [0.2, 0.25) is 0 Å². The topological polar surface area (TPSA) is 72.9 Å². The normalized spacial score (nSPS) is 25.2. The van der Waals surface area contributed by atoms with Gasteiger partial charge < -0.3 is 14.4 Å². The molecule has 0 bridgehead atoms. The molecular formula is C11H13NO5. The Bertz CT molecular complexity index is 414. The number of hydrogen-bond acceptors (Lipinski definition) is 5. The van der Waals surface area contributed by atoms with Crippen molar-refractivity contribution in [3.05, 3.63) is 11.6 Å². The number of likely N-dealkylation sites (tertiary alicyclic amines) is 1. The van der Waals surface area contributed by atoms with Crippen molar-refractivity contribution in [3.63, 3.8) is 0 Å². The van der Waals surface area contributed by atoms with Crippen LogP contribution in [0.25, 0.3) is 0 Å². The van der Waals surface area contributed by atoms with Gasteiger partial charge in [0.2, 0.25) is 5.91 Å². The first kappa shape index (κ1) is 11.6. The highest BCUT2D eigenvalue weighted by Gasteiger charge is 2.56. The van der Waals surface area contributed by atoms with Crippen LogP contribution in [0, 0.1) is 5.92 Å². The smallest absolute Gasteiger partial charge is 0.335 e. The van der Waals surface area contributed by atoms with Gasteiger partial charge in [-0.1, -0.05) is 13.0 Å². The minimum Gasteiger partial charge on any atom is -0.466 e. The summed E-state index contributed by atoms with van der Waals surface area (Å²) in [5, 5.41) is 0. The molecule has 0 aromatic carbocycles. The Kier molecular flexibility index (Phi) is 2.87. The summed E-state index contributed by atoms with van der Waals surface area (Å²) >= 11 is 0. The molecule has 0 aromatic rings. The molecule has 2 aliphatic rings. The van der Waals surface area contributed by atoms with Gasteiger partial charge in [0.25, 0.3) is 0 Å². The van der Waals surface area contributed by atoms with Crippen molar-refractivity contribution < 1.29 is 23.9 Å². The molecule has 1 aliphatic heterocycles. The molecule has 0 aromatic heterocycles. The van der Waals surface area contributed by atoms with E-state index in [1.807, 2.05) is 0 Å². The predicted molar refractivity (Wildman–Crippen MR) is 55.5 cm³/mol. The van der Waals surface area contributed by atoms with Crippen LogP contribution in [0.4, 0.5) is 0 Å². The van der Waals surface area contributed by atoms with Crippen LogP contribution in [0.15, 0.2) is 11.6 Å². The Morgan fingerprint density at radius 3 is 2.76 bits per heavy atom. The van der Waals surface area contributed by atoms with Crippen molar-refractivity contribution >= 4 is 17.8 Å². The zero-order valence-electron chi connectivity index (χ0n) is 9.63. The summed E-state index contributed by atoms with van der Waals surface area (Å²) in [6.45, 7) is 1.58. The van der Waals surface area contributed by atoms with E-state index in [-0.39, 0.29) is 37.0 Å². The number of fused-ring (bicyclic) bond motifs is 1. The number of ether oxygens (including phenoxy) is 2. The minimum absolute atomic E-state index is 0.0962. The average Bonchev–Trinajstić information content (AvgIpc) is 2.31. The van der Waals surface area contributed by atoms with Gasteiger partial charge in [0, 0.05) is 6.42 Å². The van der Waals surface area contributed by atoms with Crippen molar-refractivity contribution in [1.82, 2.24) is 4.90 Å². The summed E-state index contributed by atoms with van der Waals surface area (Å²) in [5.41, 5.74) is 0.463. The van der Waals surface area contributed by atoms with Gasteiger partial charge in [-0.15, -0.1) is 0 Å². The lowest BCUT2D eigenvalue weighted by atomic mass is 9.72. The zero-order valence-corrected chi connectivity index (χ0v) is 9.63. The van der Waals surface area contributed by atoms with Crippen LogP contribution in [0.3, 0.4) is 0 Å². The van der Waals surface area contributed by atoms with E-state index in [9.17, 15) is 14.4 Å². The summed E-state index contributed by atoms with van der Waals surface area (Å²) in [4.78, 5) is 35.2. The molecule has 92 valence electrons. The minimum atomic E-state index is -0.439. The standard InChI is InChI=1S/C11H13NO5/c1-3-8(13)17-5-12-9-6(10(12)14)4-7(9)11(15)16-2/h4,6,9H,3,5H2,1-2H3/t6-,9-/m1/s1. The highest BCUT2D eigenvalue weighted by molar-refractivity contribution is 6.02. The van der Waals surface area contributed by atoms with E-state index in [1.54, 1.807) is 13.0 Å². The van der Waals surface area contributed by atoms with Gasteiger partial charge in [-0.2, -0.15) is 0 Å². The molecule has 1 saturated heterocycles. The third kappa shape index (κ3) is 1.69. The monoisotopic (exact) mass is 239 g/mol. The number of esters is 2. The van der Waals surface area contributed by atoms with Crippen molar-refractivity contribution in [2.45, 2.75) is 19.4 Å². The molecule has 0 N–H and O–H groups in total. The third-order valence-electron chi connectivity index (χ3n) is 3.00. The van der Waals surface area contributed by atoms with Crippen molar-refractivity contribution in [1.29, 1.82) is 0 Å². The van der Waals surface area contributed by atoms with E-state index in [2.05, 4.69) is 4.74 Å². The molecule has 0 spiro atoms. The van der Waals surface area contributed by atoms with Gasteiger partial charge in [-0.05, 0) is 0 Å². The lowest BCUT2D eigenvalue weighted by molar-refractivity contribution is -0.170. The first-order valence-electron chi connectivity index (χ1n) is 5.36. The molecule has 0 unspecified atom stereocenters. The summed E-state index contributed by atoms with van der Waals surface area (Å²) < 4.78 is 9.45. The fourth-order valence-corrected chi connectivity index (χ4v) is 1.97. The molecule has 0 saturated carbocycles. The lowest BCUT2D eigenvalue weighted by Gasteiger charge is -2.51. The predicted octanol–water partition coefficient (Wildman–Crippen LogP) is -0.163. The summed E-state index contributed by atoms with van der Waals surface area (Å²) in [5.74, 6) is -1.18. The van der Waals surface area contributed by atoms with Crippen molar-refractivity contribution in [3.8, 4) is 0 Å². The molecule has 17 heavy (non-hydrogen) atoms. The maximum atomic E-state index is 11.5. The number of carbonyl (C=O) groups excluding carboxylic acids is 3. The zero-order chi connectivity index (χ0) is 12.6. The molecule has 6 nitrogen and oxygen atoms in total. The number of carbonyl (C=O) groups is 3. The molecule has 0 radical (unpaired) electrons. The fourth-order valence-electron chi connectivity index (χ4n) is 1.97. The van der Waals surface area contributed by atoms with E-state index < -0.39 is 5.97 Å². The molecule has 1 fully saturated rings. The van der Waals surface area contributed by atoms with Crippen LogP contribution in [0.5, 0.6) is 0 Å². The van der Waals surface area contributed by atoms with Crippen LogP contribution >= 0.6 is 0 Å². The SMILES string of the molecule is CCC(=O)OCN1C(=O)[C@@H]2C=C(C(=O)OC)[C@@H]21. The fraction of sp³-hybridized carbons (Fsp3) is 0.545. The highest BCUT2D eigenvalue weighted by atomic mass is 16.5. The van der Waals surface area contributed by atoms with Crippen LogP contribution in [0.1, 0.15) is 13.3 Å². The molecule has 2 rings (SSSR count). The van der Waals surface area contributed by atoms with E-state index in [4.69, 9.17) is 4.74 Å². The second-order valence-corrected chi connectivity index (χ2v) is 3.89. The number of β-lactam (4-membered cyclic amide) rings is 1. The Labute approximate surface area is 98.2 Å². The number of hydrogen-bond donors (Lipinski definition) is 0. The molecule has 1 amide bonds. The number of rotatable bonds is 4. The second-order valence-electron chi connectivity index (χ2n) is 3.89. The molecule has 2 atom stereocenters. The quantitative estimate of drug-likeness (QED) is 0.503. The Balaban J connectivity index is 1.94. The summed E-state index contributed by atoms with van der Waals surface area (Å²) in [7, 11) is 1.29. The largest absolute Gasteiger partial charge is 0.466 e. The maximum Gasteiger partial charge on any atom is 0.335 e. The summed E-state index contributed by atoms with van der Waals surface area (Å²) in [6.07, 6.45) is 1.85. The van der Waals surface area contributed by atoms with E-state index in [0.29, 0.717) is 5.57 Å². The van der Waals surface area contributed by atoms with Crippen molar-refractivity contribution in [2.24, 2.45) is 5.92 Å². The second kappa shape index (κ2) is 4.20. The Morgan fingerprint density at radius 2 is 2.18 bits per heavy atom. The number of methoxy groups -OCH3 is 1. The van der Waals surface area contributed by atoms with Gasteiger partial charge in [0.15, 0.2) is 6.73 Å². The lowest BCUT2D eigenvalue weighted by Crippen LogP contribution is -2.67. The van der Waals surface area contributed by atoms with Gasteiger partial charge >= 0.3 is 11.9 Å². The summed E-state index contributed by atoms with van der Waals surface area (Å²) in [6, 6.07) is -0.278. The van der Waals surface area contributed by atoms with Crippen LogP contribution < -0.4 is 0 Å². The van der Waals surface area contributed by atoms with Crippen LogP contribution in [-0.2, 0) is 23.9 Å². The molecular weight excluding hydrogens is 226 g/mol. The van der Waals surface area contributed by atoms with Crippen LogP contribution in [-0.4, -0.2) is 42.6 Å². The first-order valence-corrected chi connectivity index (χ1v) is 5.36. The average molecular weight is 239 g/mol. The van der Waals surface area contributed by atoms with Gasteiger partial charge in [0.05, 0.1) is 24.6 Å². The van der Waals surface area contributed by atoms with Crippen molar-refractivity contribution in [2.75, 3.05) is 13.8 Å². The highest BCUT2D eigenvalue weighted by Crippen LogP contribution is 2.42. The number of amides is 1.